The first-order chi connectivity index (χ1) is 18.2. The maximum atomic E-state index is 14.6. The number of halogens is 1. The van der Waals surface area contributed by atoms with Gasteiger partial charge in [0.25, 0.3) is 0 Å². The molecule has 0 amide bonds. The van der Waals surface area contributed by atoms with E-state index in [-0.39, 0.29) is 5.56 Å². The minimum atomic E-state index is -2.60. The van der Waals surface area contributed by atoms with Gasteiger partial charge in [-0.05, 0) is 59.4 Å². The Morgan fingerprint density at radius 2 is 1.63 bits per heavy atom. The van der Waals surface area contributed by atoms with Crippen LogP contribution in [0, 0.1) is 30.9 Å². The lowest BCUT2D eigenvalue weighted by Crippen LogP contribution is -2.31. The lowest BCUT2D eigenvalue weighted by Gasteiger charge is -2.07. The van der Waals surface area contributed by atoms with Gasteiger partial charge >= 0.3 is 0 Å². The Balaban J connectivity index is 1.69. The number of aromatic nitrogens is 1. The highest BCUT2D eigenvalue weighted by Gasteiger charge is 2.24. The number of benzene rings is 4. The second kappa shape index (κ2) is 7.78. The molecule has 0 fully saturated rings. The minimum Gasteiger partial charge on any atom is -0.454 e. The fourth-order valence-corrected chi connectivity index (χ4v) is 4.91. The Kier molecular flexibility index (Phi) is 3.98. The third kappa shape index (κ3) is 3.20. The van der Waals surface area contributed by atoms with Crippen LogP contribution in [-0.2, 0) is 7.05 Å². The summed E-state index contributed by atoms with van der Waals surface area (Å²) < 4.78 is 46.2. The van der Waals surface area contributed by atoms with Gasteiger partial charge in [-0.3, -0.25) is 0 Å². The van der Waals surface area contributed by atoms with E-state index in [0.29, 0.717) is 33.6 Å². The molecule has 2 heterocycles. The van der Waals surface area contributed by atoms with Crippen molar-refractivity contribution in [3.8, 4) is 28.5 Å². The number of rotatable bonds is 2. The van der Waals surface area contributed by atoms with Gasteiger partial charge in [-0.15, -0.1) is 0 Å². The topological polar surface area (TPSA) is 40.8 Å². The molecule has 6 aromatic rings. The van der Waals surface area contributed by atoms with Crippen molar-refractivity contribution in [1.29, 1.82) is 5.26 Å². The van der Waals surface area contributed by atoms with Gasteiger partial charge in [0, 0.05) is 26.5 Å². The van der Waals surface area contributed by atoms with Crippen LogP contribution in [-0.4, -0.2) is 0 Å². The first-order valence-corrected chi connectivity index (χ1v) is 11.3. The summed E-state index contributed by atoms with van der Waals surface area (Å²) in [4.78, 5) is 0. The lowest BCUT2D eigenvalue weighted by atomic mass is 9.94. The Morgan fingerprint density at radius 1 is 0.886 bits per heavy atom. The predicted molar refractivity (Wildman–Crippen MR) is 137 cm³/mol. The molecule has 0 radical (unpaired) electrons. The van der Waals surface area contributed by atoms with E-state index in [0.717, 1.165) is 32.7 Å². The number of nitrogens with zero attached hydrogens (tertiary/aromatic N) is 2. The molecule has 0 aliphatic carbocycles. The number of hydrogen-bond donors (Lipinski definition) is 0. The Hall–Kier alpha value is -4.49. The summed E-state index contributed by atoms with van der Waals surface area (Å²) in [6.45, 7) is -0.695. The third-order valence-corrected chi connectivity index (χ3v) is 6.66. The van der Waals surface area contributed by atoms with Crippen LogP contribution in [0.15, 0.2) is 83.4 Å². The van der Waals surface area contributed by atoms with Gasteiger partial charge in [-0.2, -0.15) is 9.83 Å². The lowest BCUT2D eigenvalue weighted by molar-refractivity contribution is -0.662. The molecule has 3 nitrogen and oxygen atoms in total. The molecule has 0 bridgehead atoms. The van der Waals surface area contributed by atoms with Crippen LogP contribution in [0.3, 0.4) is 0 Å². The zero-order valence-electron chi connectivity index (χ0n) is 22.2. The molecule has 0 N–H and O–H groups in total. The average molecular weight is 461 g/mol. The van der Waals surface area contributed by atoms with E-state index in [4.69, 9.17) is 8.53 Å². The highest BCUT2D eigenvalue weighted by molar-refractivity contribution is 6.14. The van der Waals surface area contributed by atoms with Crippen molar-refractivity contribution in [1.82, 2.24) is 0 Å². The summed E-state index contributed by atoms with van der Waals surface area (Å²) in [5.74, 6) is -0.789. The second-order valence-electron chi connectivity index (χ2n) is 8.81. The van der Waals surface area contributed by atoms with Crippen LogP contribution >= 0.6 is 0 Å². The first-order valence-electron chi connectivity index (χ1n) is 12.8. The Labute approximate surface area is 206 Å². The van der Waals surface area contributed by atoms with E-state index in [1.807, 2.05) is 67.6 Å². The van der Waals surface area contributed by atoms with Crippen LogP contribution in [0.2, 0.25) is 0 Å². The van der Waals surface area contributed by atoms with Gasteiger partial charge < -0.3 is 4.42 Å². The molecule has 0 unspecified atom stereocenters. The molecule has 0 saturated heterocycles. The summed E-state index contributed by atoms with van der Waals surface area (Å²) in [7, 11) is 1.68. The van der Waals surface area contributed by atoms with E-state index >= 15 is 0 Å². The van der Waals surface area contributed by atoms with E-state index < -0.39 is 12.7 Å². The van der Waals surface area contributed by atoms with Gasteiger partial charge in [-0.1, -0.05) is 48.5 Å². The van der Waals surface area contributed by atoms with Gasteiger partial charge in [0.1, 0.15) is 18.2 Å². The van der Waals surface area contributed by atoms with E-state index in [1.165, 1.54) is 12.3 Å². The van der Waals surface area contributed by atoms with Crippen molar-refractivity contribution in [3.63, 3.8) is 0 Å². The Bertz CT molecular complexity index is 1970. The van der Waals surface area contributed by atoms with Crippen molar-refractivity contribution in [2.24, 2.45) is 7.05 Å². The van der Waals surface area contributed by atoms with Gasteiger partial charge in [0.15, 0.2) is 5.82 Å². The molecule has 35 heavy (non-hydrogen) atoms. The van der Waals surface area contributed by atoms with E-state index in [2.05, 4.69) is 6.07 Å². The normalized spacial score (nSPS) is 13.0. The van der Waals surface area contributed by atoms with Crippen molar-refractivity contribution in [2.45, 2.75) is 13.8 Å². The van der Waals surface area contributed by atoms with Gasteiger partial charge in [-0.25, -0.2) is 4.39 Å². The van der Waals surface area contributed by atoms with Crippen LogP contribution < -0.4 is 4.57 Å². The van der Waals surface area contributed by atoms with Crippen molar-refractivity contribution >= 4 is 32.7 Å². The van der Waals surface area contributed by atoms with E-state index in [9.17, 15) is 9.65 Å². The summed E-state index contributed by atoms with van der Waals surface area (Å²) in [5, 5.41) is 13.8. The van der Waals surface area contributed by atoms with Gasteiger partial charge in [0.2, 0.25) is 11.9 Å². The number of furan rings is 1. The zero-order chi connectivity index (χ0) is 26.8. The fraction of sp³-hybridized carbons (Fsp3) is 0.0968. The maximum Gasteiger partial charge on any atom is 0.216 e. The van der Waals surface area contributed by atoms with Crippen LogP contribution in [0.1, 0.15) is 20.8 Å². The van der Waals surface area contributed by atoms with Crippen LogP contribution in [0.4, 0.5) is 4.39 Å². The largest absolute Gasteiger partial charge is 0.454 e. The summed E-state index contributed by atoms with van der Waals surface area (Å²) in [5.41, 5.74) is 4.87. The molecule has 0 aliphatic rings. The number of nitriles is 1. The summed E-state index contributed by atoms with van der Waals surface area (Å²) in [6.07, 6.45) is 1.19. The molecule has 0 spiro atoms. The summed E-state index contributed by atoms with van der Waals surface area (Å²) >= 11 is 0. The molecular weight excluding hydrogens is 435 g/mol. The van der Waals surface area contributed by atoms with Crippen molar-refractivity contribution in [2.75, 3.05) is 0 Å². The smallest absolute Gasteiger partial charge is 0.216 e. The number of fused-ring (bicyclic) bond motifs is 4. The third-order valence-electron chi connectivity index (χ3n) is 6.66. The van der Waals surface area contributed by atoms with Crippen molar-refractivity contribution in [3.05, 3.63) is 102 Å². The second-order valence-corrected chi connectivity index (χ2v) is 8.81. The molecule has 4 heteroatoms. The average Bonchev–Trinajstić information content (AvgIpc) is 3.26. The van der Waals surface area contributed by atoms with E-state index in [1.54, 1.807) is 17.7 Å². The predicted octanol–water partition coefficient (Wildman–Crippen LogP) is 7.53. The SMILES string of the molecule is [2H]C([2H])([2H])c1cc(-c2c(C)ccc3c2oc2c(-c4ccc5ccccc5c4)c(C#N)ccc23)[n+](C)cc1F. The highest BCUT2D eigenvalue weighted by atomic mass is 19.1. The van der Waals surface area contributed by atoms with Crippen LogP contribution in [0.5, 0.6) is 0 Å². The number of hydrogen-bond acceptors (Lipinski definition) is 2. The molecule has 0 saturated carbocycles. The Morgan fingerprint density at radius 3 is 2.40 bits per heavy atom. The monoisotopic (exact) mass is 460 g/mol. The van der Waals surface area contributed by atoms with Crippen molar-refractivity contribution < 1.29 is 17.5 Å². The molecular formula is C31H22FN2O+. The van der Waals surface area contributed by atoms with Gasteiger partial charge in [0.05, 0.1) is 17.2 Å². The molecule has 0 atom stereocenters. The molecule has 2 aromatic heterocycles. The zero-order valence-corrected chi connectivity index (χ0v) is 19.2. The number of pyridine rings is 1. The molecule has 4 aromatic carbocycles. The summed E-state index contributed by atoms with van der Waals surface area (Å²) in [6, 6.07) is 25.4. The maximum absolute atomic E-state index is 14.6. The standard InChI is InChI=1S/C31H22FN2O/c1-18-8-12-24-25-13-11-23(16-33)29(22-10-9-20-6-4-5-7-21(20)15-22)31(25)35-30(24)28(18)27-14-19(2)26(32)17-34(27)3/h4-15,17H,1-3H3/q+1/i2D3. The fourth-order valence-electron chi connectivity index (χ4n) is 4.91. The minimum absolute atomic E-state index is 0.346. The number of aryl methyl sites for hydroxylation is 3. The first kappa shape index (κ1) is 17.9. The van der Waals surface area contributed by atoms with Crippen LogP contribution in [0.25, 0.3) is 55.1 Å². The quantitative estimate of drug-likeness (QED) is 0.251. The molecule has 168 valence electrons. The molecule has 0 aliphatic heterocycles. The highest BCUT2D eigenvalue weighted by Crippen LogP contribution is 2.42. The molecule has 6 rings (SSSR count).